The third-order valence-corrected chi connectivity index (χ3v) is 6.21. The molecule has 1 saturated heterocycles. The minimum Gasteiger partial charge on any atom is -0.317 e. The minimum absolute atomic E-state index is 0.761. The van der Waals surface area contributed by atoms with Crippen LogP contribution in [0.1, 0.15) is 45.4 Å². The standard InChI is InChI=1S/C18H35N3/c1-3-15-6-7-18(19-2)17(12-15)14-21-10-8-20(9-11-21)13-16-4-5-16/h15-19H,3-14H2,1-2H3. The molecule has 0 radical (unpaired) electrons. The van der Waals surface area contributed by atoms with Crippen molar-refractivity contribution in [3.05, 3.63) is 0 Å². The average Bonchev–Trinajstić information content (AvgIpc) is 3.33. The van der Waals surface area contributed by atoms with E-state index < -0.39 is 0 Å². The van der Waals surface area contributed by atoms with Crippen molar-refractivity contribution in [1.29, 1.82) is 0 Å². The first-order valence-corrected chi connectivity index (χ1v) is 9.40. The van der Waals surface area contributed by atoms with Crippen LogP contribution in [-0.4, -0.2) is 62.2 Å². The van der Waals surface area contributed by atoms with Crippen LogP contribution in [0, 0.1) is 17.8 Å². The van der Waals surface area contributed by atoms with Gasteiger partial charge in [-0.3, -0.25) is 0 Å². The van der Waals surface area contributed by atoms with E-state index in [0.717, 1.165) is 23.8 Å². The van der Waals surface area contributed by atoms with Crippen LogP contribution < -0.4 is 5.32 Å². The fraction of sp³-hybridized carbons (Fsp3) is 1.00. The molecule has 0 aromatic carbocycles. The second-order valence-electron chi connectivity index (χ2n) is 7.79. The predicted octanol–water partition coefficient (Wildman–Crippen LogP) is 2.43. The summed E-state index contributed by atoms with van der Waals surface area (Å²) in [6, 6.07) is 0.761. The lowest BCUT2D eigenvalue weighted by atomic mass is 9.76. The summed E-state index contributed by atoms with van der Waals surface area (Å²) >= 11 is 0. The van der Waals surface area contributed by atoms with Crippen molar-refractivity contribution in [2.24, 2.45) is 17.8 Å². The fourth-order valence-corrected chi connectivity index (χ4v) is 4.47. The molecule has 3 rings (SSSR count). The molecule has 0 amide bonds. The maximum atomic E-state index is 3.59. The molecule has 0 bridgehead atoms. The van der Waals surface area contributed by atoms with Gasteiger partial charge in [0.25, 0.3) is 0 Å². The molecule has 1 N–H and O–H groups in total. The zero-order valence-corrected chi connectivity index (χ0v) is 14.2. The average molecular weight is 293 g/mol. The number of hydrogen-bond donors (Lipinski definition) is 1. The van der Waals surface area contributed by atoms with Crippen LogP contribution in [0.25, 0.3) is 0 Å². The number of nitrogens with zero attached hydrogens (tertiary/aromatic N) is 2. The van der Waals surface area contributed by atoms with Crippen LogP contribution in [0.5, 0.6) is 0 Å². The summed E-state index contributed by atoms with van der Waals surface area (Å²) < 4.78 is 0. The molecule has 1 heterocycles. The van der Waals surface area contributed by atoms with Crippen molar-refractivity contribution in [3.8, 4) is 0 Å². The summed E-state index contributed by atoms with van der Waals surface area (Å²) in [6.07, 6.45) is 8.64. The Bertz CT molecular complexity index is 308. The van der Waals surface area contributed by atoms with Crippen molar-refractivity contribution in [2.75, 3.05) is 46.3 Å². The third-order valence-electron chi connectivity index (χ3n) is 6.21. The van der Waals surface area contributed by atoms with Gasteiger partial charge in [-0.15, -0.1) is 0 Å². The van der Waals surface area contributed by atoms with E-state index in [9.17, 15) is 0 Å². The molecule has 3 fully saturated rings. The molecule has 3 atom stereocenters. The topological polar surface area (TPSA) is 18.5 Å². The molecule has 21 heavy (non-hydrogen) atoms. The number of nitrogens with one attached hydrogen (secondary N) is 1. The highest BCUT2D eigenvalue weighted by molar-refractivity contribution is 4.87. The van der Waals surface area contributed by atoms with Gasteiger partial charge in [0.1, 0.15) is 0 Å². The molecule has 0 aromatic heterocycles. The van der Waals surface area contributed by atoms with Crippen molar-refractivity contribution in [3.63, 3.8) is 0 Å². The summed E-state index contributed by atoms with van der Waals surface area (Å²) in [4.78, 5) is 5.45. The van der Waals surface area contributed by atoms with Gasteiger partial charge in [0, 0.05) is 45.3 Å². The van der Waals surface area contributed by atoms with Crippen LogP contribution in [0.3, 0.4) is 0 Å². The number of hydrogen-bond acceptors (Lipinski definition) is 3. The Kier molecular flexibility index (Phi) is 5.58. The summed E-state index contributed by atoms with van der Waals surface area (Å²) in [6.45, 7) is 10.3. The summed E-state index contributed by atoms with van der Waals surface area (Å²) in [5, 5.41) is 3.59. The van der Waals surface area contributed by atoms with E-state index in [0.29, 0.717) is 0 Å². The smallest absolute Gasteiger partial charge is 0.0110 e. The molecular weight excluding hydrogens is 258 g/mol. The highest BCUT2D eigenvalue weighted by Gasteiger charge is 2.31. The molecule has 1 aliphatic heterocycles. The minimum atomic E-state index is 0.761. The third kappa shape index (κ3) is 4.43. The van der Waals surface area contributed by atoms with Crippen molar-refractivity contribution >= 4 is 0 Å². The predicted molar refractivity (Wildman–Crippen MR) is 89.6 cm³/mol. The Morgan fingerprint density at radius 1 is 0.857 bits per heavy atom. The van der Waals surface area contributed by atoms with Gasteiger partial charge in [0.2, 0.25) is 0 Å². The van der Waals surface area contributed by atoms with Crippen LogP contribution in [0.15, 0.2) is 0 Å². The Morgan fingerprint density at radius 2 is 1.48 bits per heavy atom. The normalized spacial score (nSPS) is 36.0. The van der Waals surface area contributed by atoms with E-state index in [2.05, 4.69) is 29.1 Å². The van der Waals surface area contributed by atoms with Gasteiger partial charge < -0.3 is 15.1 Å². The monoisotopic (exact) mass is 293 g/mol. The molecule has 0 aromatic rings. The Labute approximate surface area is 131 Å². The van der Waals surface area contributed by atoms with Crippen molar-refractivity contribution < 1.29 is 0 Å². The lowest BCUT2D eigenvalue weighted by Crippen LogP contribution is -2.51. The lowest BCUT2D eigenvalue weighted by Gasteiger charge is -2.41. The van der Waals surface area contributed by atoms with E-state index in [4.69, 9.17) is 0 Å². The zero-order chi connectivity index (χ0) is 14.7. The molecule has 122 valence electrons. The first kappa shape index (κ1) is 15.8. The van der Waals surface area contributed by atoms with Gasteiger partial charge >= 0.3 is 0 Å². The van der Waals surface area contributed by atoms with Crippen LogP contribution in [0.2, 0.25) is 0 Å². The maximum absolute atomic E-state index is 3.59. The summed E-state index contributed by atoms with van der Waals surface area (Å²) in [7, 11) is 2.16. The molecule has 3 heteroatoms. The van der Waals surface area contributed by atoms with Gasteiger partial charge in [-0.2, -0.15) is 0 Å². The van der Waals surface area contributed by atoms with Gasteiger partial charge in [-0.25, -0.2) is 0 Å². The molecule has 3 nitrogen and oxygen atoms in total. The lowest BCUT2D eigenvalue weighted by molar-refractivity contribution is 0.0877. The maximum Gasteiger partial charge on any atom is 0.0110 e. The first-order valence-electron chi connectivity index (χ1n) is 9.40. The van der Waals surface area contributed by atoms with Gasteiger partial charge in [0.15, 0.2) is 0 Å². The second kappa shape index (κ2) is 7.43. The Morgan fingerprint density at radius 3 is 2.05 bits per heavy atom. The van der Waals surface area contributed by atoms with Gasteiger partial charge in [-0.1, -0.05) is 13.3 Å². The zero-order valence-electron chi connectivity index (χ0n) is 14.2. The molecule has 3 aliphatic rings. The van der Waals surface area contributed by atoms with E-state index in [1.807, 2.05) is 0 Å². The number of rotatable bonds is 6. The second-order valence-corrected chi connectivity index (χ2v) is 7.79. The van der Waals surface area contributed by atoms with E-state index in [-0.39, 0.29) is 0 Å². The Balaban J connectivity index is 1.43. The summed E-state index contributed by atoms with van der Waals surface area (Å²) in [5.41, 5.74) is 0. The SMILES string of the molecule is CCC1CCC(NC)C(CN2CCN(CC3CC3)CC2)C1. The van der Waals surface area contributed by atoms with Crippen LogP contribution in [0.4, 0.5) is 0 Å². The van der Waals surface area contributed by atoms with Crippen molar-refractivity contribution in [2.45, 2.75) is 51.5 Å². The van der Waals surface area contributed by atoms with Gasteiger partial charge in [0.05, 0.1) is 0 Å². The summed E-state index contributed by atoms with van der Waals surface area (Å²) in [5.74, 6) is 2.91. The highest BCUT2D eigenvalue weighted by atomic mass is 15.3. The van der Waals surface area contributed by atoms with E-state index >= 15 is 0 Å². The molecular formula is C18H35N3. The van der Waals surface area contributed by atoms with Crippen LogP contribution in [-0.2, 0) is 0 Å². The fourth-order valence-electron chi connectivity index (χ4n) is 4.47. The van der Waals surface area contributed by atoms with E-state index in [1.54, 1.807) is 0 Å². The van der Waals surface area contributed by atoms with E-state index in [1.165, 1.54) is 77.8 Å². The van der Waals surface area contributed by atoms with Crippen molar-refractivity contribution in [1.82, 2.24) is 15.1 Å². The van der Waals surface area contributed by atoms with Crippen LogP contribution >= 0.6 is 0 Å². The molecule has 3 unspecified atom stereocenters. The van der Waals surface area contributed by atoms with Gasteiger partial charge in [-0.05, 0) is 56.9 Å². The Hall–Kier alpha value is -0.120. The first-order chi connectivity index (χ1) is 10.3. The molecule has 0 spiro atoms. The number of piperazine rings is 1. The largest absolute Gasteiger partial charge is 0.317 e. The molecule has 2 aliphatic carbocycles. The quantitative estimate of drug-likeness (QED) is 0.811. The highest BCUT2D eigenvalue weighted by Crippen LogP contribution is 2.32. The molecule has 2 saturated carbocycles.